The molecule has 3 nitrogen and oxygen atoms in total. The van der Waals surface area contributed by atoms with Gasteiger partial charge in [0, 0.05) is 6.42 Å². The molecule has 0 amide bonds. The Morgan fingerprint density at radius 1 is 1.50 bits per heavy atom. The van der Waals surface area contributed by atoms with Crippen LogP contribution in [-0.4, -0.2) is 23.0 Å². The van der Waals surface area contributed by atoms with Crippen molar-refractivity contribution in [1.82, 2.24) is 0 Å². The molecule has 1 aliphatic rings. The Morgan fingerprint density at radius 2 is 2.08 bits per heavy atom. The van der Waals surface area contributed by atoms with E-state index in [0.717, 1.165) is 0 Å². The van der Waals surface area contributed by atoms with Gasteiger partial charge in [-0.3, -0.25) is 4.79 Å². The van der Waals surface area contributed by atoms with Crippen LogP contribution in [0.15, 0.2) is 0 Å². The molecule has 0 aromatic heterocycles. The van der Waals surface area contributed by atoms with Crippen molar-refractivity contribution >= 4 is 5.97 Å². The Balaban J connectivity index is 2.63. The van der Waals surface area contributed by atoms with Gasteiger partial charge in [0.25, 0.3) is 5.92 Å². The molecular weight excluding hydrogens is 168 g/mol. The monoisotopic (exact) mass is 179 g/mol. The highest BCUT2D eigenvalue weighted by Gasteiger charge is 2.45. The Bertz CT molecular complexity index is 196. The van der Waals surface area contributed by atoms with E-state index in [2.05, 4.69) is 0 Å². The van der Waals surface area contributed by atoms with E-state index in [0.29, 0.717) is 0 Å². The molecule has 0 aliphatic heterocycles. The minimum atomic E-state index is -3.01. The number of nitrogens with two attached hydrogens (primary N) is 1. The van der Waals surface area contributed by atoms with Gasteiger partial charge >= 0.3 is 5.97 Å². The largest absolute Gasteiger partial charge is 0.481 e. The van der Waals surface area contributed by atoms with Crippen molar-refractivity contribution < 1.29 is 18.7 Å². The van der Waals surface area contributed by atoms with Gasteiger partial charge in [-0.1, -0.05) is 0 Å². The molecule has 1 aliphatic carbocycles. The van der Waals surface area contributed by atoms with Crippen LogP contribution in [0.5, 0.6) is 0 Å². The van der Waals surface area contributed by atoms with Gasteiger partial charge in [0.15, 0.2) is 0 Å². The summed E-state index contributed by atoms with van der Waals surface area (Å²) in [5.41, 5.74) is 5.13. The van der Waals surface area contributed by atoms with Crippen molar-refractivity contribution in [3.63, 3.8) is 0 Å². The van der Waals surface area contributed by atoms with Crippen LogP contribution < -0.4 is 5.73 Å². The fraction of sp³-hybridized carbons (Fsp3) is 0.857. The van der Waals surface area contributed by atoms with Crippen LogP contribution in [0, 0.1) is 5.92 Å². The minimum absolute atomic E-state index is 0.0873. The molecular formula is C7H11F2NO2. The van der Waals surface area contributed by atoms with Crippen LogP contribution in [0.2, 0.25) is 0 Å². The summed E-state index contributed by atoms with van der Waals surface area (Å²) < 4.78 is 25.6. The summed E-state index contributed by atoms with van der Waals surface area (Å²) in [5.74, 6) is -5.09. The lowest BCUT2D eigenvalue weighted by Crippen LogP contribution is -2.47. The van der Waals surface area contributed by atoms with Gasteiger partial charge in [-0.25, -0.2) is 8.78 Å². The number of carbonyl (C=O) groups is 1. The summed E-state index contributed by atoms with van der Waals surface area (Å²) in [6.45, 7) is 0. The van der Waals surface area contributed by atoms with Gasteiger partial charge in [-0.2, -0.15) is 0 Å². The summed E-state index contributed by atoms with van der Waals surface area (Å²) >= 11 is 0. The fourth-order valence-corrected chi connectivity index (χ4v) is 1.38. The lowest BCUT2D eigenvalue weighted by atomic mass is 9.84. The van der Waals surface area contributed by atoms with E-state index in [-0.39, 0.29) is 12.8 Å². The smallest absolute Gasteiger partial charge is 0.306 e. The second-order valence-corrected chi connectivity index (χ2v) is 3.18. The van der Waals surface area contributed by atoms with Crippen molar-refractivity contribution in [3.8, 4) is 0 Å². The van der Waals surface area contributed by atoms with Crippen molar-refractivity contribution in [1.29, 1.82) is 0 Å². The fourth-order valence-electron chi connectivity index (χ4n) is 1.38. The van der Waals surface area contributed by atoms with Crippen molar-refractivity contribution in [2.45, 2.75) is 31.2 Å². The van der Waals surface area contributed by atoms with E-state index >= 15 is 0 Å². The molecule has 3 N–H and O–H groups in total. The highest BCUT2D eigenvalue weighted by atomic mass is 19.3. The lowest BCUT2D eigenvalue weighted by Gasteiger charge is -2.31. The number of aliphatic carboxylic acids is 1. The second kappa shape index (κ2) is 2.97. The van der Waals surface area contributed by atoms with Gasteiger partial charge in [0.1, 0.15) is 0 Å². The quantitative estimate of drug-likeness (QED) is 0.626. The first-order valence-corrected chi connectivity index (χ1v) is 3.79. The summed E-state index contributed by atoms with van der Waals surface area (Å²) in [6, 6.07) is -1.17. The minimum Gasteiger partial charge on any atom is -0.481 e. The number of carboxylic acids is 1. The number of carboxylic acid groups (broad SMARTS) is 1. The number of hydrogen-bond acceptors (Lipinski definition) is 2. The number of alkyl halides is 2. The molecule has 0 heterocycles. The van der Waals surface area contributed by atoms with Crippen LogP contribution in [0.25, 0.3) is 0 Å². The molecule has 70 valence electrons. The molecule has 1 rings (SSSR count). The normalized spacial score (nSPS) is 34.6. The molecule has 1 fully saturated rings. The summed E-state index contributed by atoms with van der Waals surface area (Å²) in [4.78, 5) is 10.4. The molecule has 2 atom stereocenters. The van der Waals surface area contributed by atoms with Crippen LogP contribution >= 0.6 is 0 Å². The Morgan fingerprint density at radius 3 is 2.50 bits per heavy atom. The number of rotatable bonds is 1. The van der Waals surface area contributed by atoms with Gasteiger partial charge < -0.3 is 10.8 Å². The zero-order valence-corrected chi connectivity index (χ0v) is 6.46. The van der Waals surface area contributed by atoms with Crippen LogP contribution in [0.1, 0.15) is 19.3 Å². The molecule has 0 aromatic rings. The first-order valence-electron chi connectivity index (χ1n) is 3.79. The number of hydrogen-bond donors (Lipinski definition) is 2. The third-order valence-electron chi connectivity index (χ3n) is 2.24. The average molecular weight is 179 g/mol. The van der Waals surface area contributed by atoms with Gasteiger partial charge in [0.05, 0.1) is 12.0 Å². The second-order valence-electron chi connectivity index (χ2n) is 3.18. The van der Waals surface area contributed by atoms with E-state index < -0.39 is 30.3 Å². The average Bonchev–Trinajstić information content (AvgIpc) is 1.94. The maximum atomic E-state index is 12.8. The van der Waals surface area contributed by atoms with E-state index in [1.165, 1.54) is 0 Å². The van der Waals surface area contributed by atoms with Gasteiger partial charge in [0.2, 0.25) is 0 Å². The lowest BCUT2D eigenvalue weighted by molar-refractivity contribution is -0.150. The molecule has 0 unspecified atom stereocenters. The summed E-state index contributed by atoms with van der Waals surface area (Å²) in [7, 11) is 0. The Kier molecular flexibility index (Phi) is 2.32. The van der Waals surface area contributed by atoms with E-state index in [1.807, 2.05) is 0 Å². The zero-order valence-electron chi connectivity index (χ0n) is 6.46. The molecule has 0 radical (unpaired) electrons. The van der Waals surface area contributed by atoms with Crippen LogP contribution in [-0.2, 0) is 4.79 Å². The SMILES string of the molecule is N[C@@H]1CC[C@@H](C(=O)O)CC1(F)F. The third-order valence-corrected chi connectivity index (χ3v) is 2.24. The highest BCUT2D eigenvalue weighted by Crippen LogP contribution is 2.35. The van der Waals surface area contributed by atoms with E-state index in [9.17, 15) is 13.6 Å². The molecule has 1 saturated carbocycles. The molecule has 0 aromatic carbocycles. The predicted octanol–water partition coefficient (Wildman–Crippen LogP) is 0.834. The standard InChI is InChI=1S/C7H11F2NO2/c8-7(9)3-4(6(11)12)1-2-5(7)10/h4-5H,1-3,10H2,(H,11,12)/t4-,5-/m1/s1. The Labute approximate surface area is 68.5 Å². The van der Waals surface area contributed by atoms with Crippen LogP contribution in [0.3, 0.4) is 0 Å². The van der Waals surface area contributed by atoms with Crippen molar-refractivity contribution in [2.75, 3.05) is 0 Å². The van der Waals surface area contributed by atoms with Gasteiger partial charge in [-0.05, 0) is 12.8 Å². The highest BCUT2D eigenvalue weighted by molar-refractivity contribution is 5.70. The maximum Gasteiger partial charge on any atom is 0.306 e. The number of halogens is 2. The van der Waals surface area contributed by atoms with Crippen LogP contribution in [0.4, 0.5) is 8.78 Å². The van der Waals surface area contributed by atoms with E-state index in [1.54, 1.807) is 0 Å². The third kappa shape index (κ3) is 1.72. The van der Waals surface area contributed by atoms with Crippen molar-refractivity contribution in [3.05, 3.63) is 0 Å². The van der Waals surface area contributed by atoms with E-state index in [4.69, 9.17) is 10.8 Å². The summed E-state index contributed by atoms with van der Waals surface area (Å²) in [5, 5.41) is 8.48. The first-order chi connectivity index (χ1) is 5.43. The molecule has 0 spiro atoms. The molecule has 0 saturated heterocycles. The van der Waals surface area contributed by atoms with Gasteiger partial charge in [-0.15, -0.1) is 0 Å². The predicted molar refractivity (Wildman–Crippen MR) is 37.9 cm³/mol. The summed E-state index contributed by atoms with van der Waals surface area (Å²) in [6.07, 6.45) is -0.278. The molecule has 5 heteroatoms. The molecule has 12 heavy (non-hydrogen) atoms. The topological polar surface area (TPSA) is 63.3 Å². The van der Waals surface area contributed by atoms with Crippen molar-refractivity contribution in [2.24, 2.45) is 11.7 Å². The molecule has 0 bridgehead atoms. The Hall–Kier alpha value is -0.710. The maximum absolute atomic E-state index is 12.8. The zero-order chi connectivity index (χ0) is 9.35. The first kappa shape index (κ1) is 9.38.